The number of nitrogens with zero attached hydrogens (tertiary/aromatic N) is 3. The largest absolute Gasteiger partial charge is 0.324 e. The maximum atomic E-state index is 13.3. The first kappa shape index (κ1) is 17.2. The normalized spacial score (nSPS) is 17.9. The van der Waals surface area contributed by atoms with E-state index < -0.39 is 6.04 Å². The minimum atomic E-state index is -0.573. The van der Waals surface area contributed by atoms with E-state index in [4.69, 9.17) is 0 Å². The number of imidazole rings is 1. The molecule has 4 rings (SSSR count). The number of H-pyrrole nitrogens is 1. The molecule has 0 saturated carbocycles. The maximum Gasteiger partial charge on any atom is 0.290 e. The summed E-state index contributed by atoms with van der Waals surface area (Å²) in [5.41, 5.74) is 2.83. The number of aromatic amines is 1. The molecule has 0 radical (unpaired) electrons. The number of carbonyl (C=O) groups excluding carboxylic acids is 2. The third-order valence-corrected chi connectivity index (χ3v) is 5.12. The number of pyridine rings is 1. The van der Waals surface area contributed by atoms with Crippen LogP contribution in [0.1, 0.15) is 36.5 Å². The first-order valence-electron chi connectivity index (χ1n) is 9.09. The van der Waals surface area contributed by atoms with Gasteiger partial charge in [-0.15, -0.1) is 0 Å². The number of nitrogens with one attached hydrogen (secondary N) is 2. The average Bonchev–Trinajstić information content (AvgIpc) is 3.05. The Kier molecular flexibility index (Phi) is 4.35. The third-order valence-electron chi connectivity index (χ3n) is 5.12. The number of benzene rings is 1. The van der Waals surface area contributed by atoms with E-state index in [0.29, 0.717) is 17.7 Å². The molecule has 0 saturated heterocycles. The van der Waals surface area contributed by atoms with Crippen LogP contribution in [0, 0.1) is 5.92 Å². The molecule has 2 atom stereocenters. The Morgan fingerprint density at radius 2 is 2.11 bits per heavy atom. The van der Waals surface area contributed by atoms with Crippen molar-refractivity contribution in [2.75, 3.05) is 5.32 Å². The van der Waals surface area contributed by atoms with E-state index in [2.05, 4.69) is 20.3 Å². The lowest BCUT2D eigenvalue weighted by Gasteiger charge is -2.31. The highest BCUT2D eigenvalue weighted by atomic mass is 16.2. The van der Waals surface area contributed by atoms with E-state index >= 15 is 0 Å². The van der Waals surface area contributed by atoms with E-state index in [1.54, 1.807) is 23.2 Å². The summed E-state index contributed by atoms with van der Waals surface area (Å²) in [6.07, 6.45) is 2.42. The summed E-state index contributed by atoms with van der Waals surface area (Å²) in [6.45, 7) is 4.34. The van der Waals surface area contributed by atoms with Crippen LogP contribution in [0.5, 0.6) is 0 Å². The zero-order valence-corrected chi connectivity index (χ0v) is 15.3. The number of rotatable bonds is 3. The molecule has 2 aromatic heterocycles. The van der Waals surface area contributed by atoms with Gasteiger partial charge in [0.25, 0.3) is 5.91 Å². The fraction of sp³-hybridized carbons (Fsp3) is 0.300. The van der Waals surface area contributed by atoms with E-state index in [0.717, 1.165) is 17.7 Å². The summed E-state index contributed by atoms with van der Waals surface area (Å²) in [5.74, 6) is -0.267. The SMILES string of the molecule is CC[C@H](C)[C@H]1C(=O)Nc2ccccc2CN1C(=O)c1nc2cccnc2[nH]1. The number of fused-ring (bicyclic) bond motifs is 2. The van der Waals surface area contributed by atoms with Crippen molar-refractivity contribution < 1.29 is 9.59 Å². The Morgan fingerprint density at radius 1 is 1.30 bits per heavy atom. The zero-order chi connectivity index (χ0) is 19.0. The molecule has 0 fully saturated rings. The van der Waals surface area contributed by atoms with Crippen molar-refractivity contribution >= 4 is 28.7 Å². The van der Waals surface area contributed by atoms with Crippen molar-refractivity contribution in [3.63, 3.8) is 0 Å². The Hall–Kier alpha value is -3.22. The van der Waals surface area contributed by atoms with Crippen molar-refractivity contribution in [3.05, 3.63) is 54.0 Å². The average molecular weight is 363 g/mol. The molecule has 1 aliphatic rings. The van der Waals surface area contributed by atoms with Gasteiger partial charge in [-0.2, -0.15) is 0 Å². The molecule has 7 heteroatoms. The molecule has 7 nitrogen and oxygen atoms in total. The van der Waals surface area contributed by atoms with Gasteiger partial charge in [0.15, 0.2) is 11.5 Å². The van der Waals surface area contributed by atoms with Gasteiger partial charge in [-0.25, -0.2) is 9.97 Å². The van der Waals surface area contributed by atoms with Gasteiger partial charge in [0.05, 0.1) is 0 Å². The molecule has 138 valence electrons. The maximum absolute atomic E-state index is 13.3. The van der Waals surface area contributed by atoms with Crippen LogP contribution in [-0.4, -0.2) is 37.7 Å². The Labute approximate surface area is 156 Å². The number of para-hydroxylation sites is 1. The van der Waals surface area contributed by atoms with Crippen molar-refractivity contribution in [2.24, 2.45) is 5.92 Å². The molecule has 0 bridgehead atoms. The highest BCUT2D eigenvalue weighted by Crippen LogP contribution is 2.28. The van der Waals surface area contributed by atoms with Crippen LogP contribution in [0.2, 0.25) is 0 Å². The molecule has 0 unspecified atom stereocenters. The lowest BCUT2D eigenvalue weighted by molar-refractivity contribution is -0.122. The first-order valence-corrected chi connectivity index (χ1v) is 9.09. The number of hydrogen-bond donors (Lipinski definition) is 2. The highest BCUT2D eigenvalue weighted by molar-refractivity contribution is 6.02. The van der Waals surface area contributed by atoms with Crippen LogP contribution in [0.25, 0.3) is 11.2 Å². The molecule has 27 heavy (non-hydrogen) atoms. The lowest BCUT2D eigenvalue weighted by atomic mass is 9.96. The van der Waals surface area contributed by atoms with Crippen molar-refractivity contribution in [2.45, 2.75) is 32.9 Å². The third kappa shape index (κ3) is 3.05. The molecule has 1 aliphatic heterocycles. The smallest absolute Gasteiger partial charge is 0.290 e. The van der Waals surface area contributed by atoms with Crippen LogP contribution < -0.4 is 5.32 Å². The van der Waals surface area contributed by atoms with E-state index in [-0.39, 0.29) is 23.6 Å². The van der Waals surface area contributed by atoms with Crippen molar-refractivity contribution in [1.29, 1.82) is 0 Å². The summed E-state index contributed by atoms with van der Waals surface area (Å²) in [4.78, 5) is 39.5. The fourth-order valence-corrected chi connectivity index (χ4v) is 3.48. The topological polar surface area (TPSA) is 91.0 Å². The number of hydrogen-bond acceptors (Lipinski definition) is 4. The van der Waals surface area contributed by atoms with E-state index in [9.17, 15) is 9.59 Å². The summed E-state index contributed by atoms with van der Waals surface area (Å²) >= 11 is 0. The monoisotopic (exact) mass is 363 g/mol. The van der Waals surface area contributed by atoms with Crippen LogP contribution in [0.3, 0.4) is 0 Å². The minimum Gasteiger partial charge on any atom is -0.324 e. The number of aromatic nitrogens is 3. The summed E-state index contributed by atoms with van der Waals surface area (Å²) in [5, 5.41) is 2.97. The van der Waals surface area contributed by atoms with E-state index in [1.807, 2.05) is 38.1 Å². The second kappa shape index (κ2) is 6.83. The van der Waals surface area contributed by atoms with Gasteiger partial charge in [0.1, 0.15) is 11.6 Å². The molecular weight excluding hydrogens is 342 g/mol. The van der Waals surface area contributed by atoms with Gasteiger partial charge in [-0.1, -0.05) is 38.5 Å². The predicted molar refractivity (Wildman–Crippen MR) is 102 cm³/mol. The number of carbonyl (C=O) groups is 2. The molecule has 1 aromatic carbocycles. The van der Waals surface area contributed by atoms with Gasteiger partial charge in [0, 0.05) is 18.4 Å². The molecule has 0 aliphatic carbocycles. The molecule has 2 N–H and O–H groups in total. The van der Waals surface area contributed by atoms with Gasteiger partial charge in [0.2, 0.25) is 5.91 Å². The second-order valence-corrected chi connectivity index (χ2v) is 6.87. The minimum absolute atomic E-state index is 0.00534. The molecule has 0 spiro atoms. The van der Waals surface area contributed by atoms with Gasteiger partial charge in [-0.3, -0.25) is 9.59 Å². The van der Waals surface area contributed by atoms with Gasteiger partial charge >= 0.3 is 0 Å². The quantitative estimate of drug-likeness (QED) is 0.748. The van der Waals surface area contributed by atoms with Gasteiger partial charge in [-0.05, 0) is 29.7 Å². The van der Waals surface area contributed by atoms with Crippen molar-refractivity contribution in [3.8, 4) is 0 Å². The number of amides is 2. The van der Waals surface area contributed by atoms with Crippen molar-refractivity contribution in [1.82, 2.24) is 19.9 Å². The molecular formula is C20H21N5O2. The molecule has 2 amide bonds. The van der Waals surface area contributed by atoms with Gasteiger partial charge < -0.3 is 15.2 Å². The Bertz CT molecular complexity index is 979. The summed E-state index contributed by atoms with van der Waals surface area (Å²) in [6, 6.07) is 10.6. The highest BCUT2D eigenvalue weighted by Gasteiger charge is 2.37. The first-order chi connectivity index (χ1) is 13.1. The van der Waals surface area contributed by atoms with Crippen LogP contribution in [-0.2, 0) is 11.3 Å². The predicted octanol–water partition coefficient (Wildman–Crippen LogP) is 2.97. The zero-order valence-electron chi connectivity index (χ0n) is 15.3. The standard InChI is InChI=1S/C20H21N5O2/c1-3-12(2)16-19(26)23-14-8-5-4-7-13(14)11-25(16)20(27)18-22-15-9-6-10-21-17(15)24-18/h4-10,12,16H,3,11H2,1-2H3,(H,23,26)(H,21,22,24)/t12-,16-/m0/s1. The van der Waals surface area contributed by atoms with E-state index in [1.165, 1.54) is 0 Å². The summed E-state index contributed by atoms with van der Waals surface area (Å²) < 4.78 is 0. The second-order valence-electron chi connectivity index (χ2n) is 6.87. The molecule has 3 heterocycles. The van der Waals surface area contributed by atoms with Crippen LogP contribution in [0.15, 0.2) is 42.6 Å². The Morgan fingerprint density at radius 3 is 2.89 bits per heavy atom. The van der Waals surface area contributed by atoms with Crippen LogP contribution in [0.4, 0.5) is 5.69 Å². The molecule has 3 aromatic rings. The summed E-state index contributed by atoms with van der Waals surface area (Å²) in [7, 11) is 0. The Balaban J connectivity index is 1.77. The van der Waals surface area contributed by atoms with Crippen LogP contribution >= 0.6 is 0 Å². The lowest BCUT2D eigenvalue weighted by Crippen LogP contribution is -2.49. The number of anilines is 1. The fourth-order valence-electron chi connectivity index (χ4n) is 3.48.